The third kappa shape index (κ3) is 2.74. The van der Waals surface area contributed by atoms with Crippen molar-refractivity contribution in [2.75, 3.05) is 12.0 Å². The van der Waals surface area contributed by atoms with Gasteiger partial charge in [0, 0.05) is 6.26 Å². The largest absolute Gasteiger partial charge is 0.229 e. The van der Waals surface area contributed by atoms with Crippen molar-refractivity contribution in [3.8, 4) is 0 Å². The average Bonchev–Trinajstić information content (AvgIpc) is 1.91. The Morgan fingerprint density at radius 3 is 1.80 bits per heavy atom. The first-order valence-electron chi connectivity index (χ1n) is 5.85. The van der Waals surface area contributed by atoms with E-state index in [-0.39, 0.29) is 0 Å². The highest BCUT2D eigenvalue weighted by Crippen LogP contribution is 2.55. The Morgan fingerprint density at radius 1 is 1.13 bits per heavy atom. The zero-order valence-electron chi connectivity index (χ0n) is 10.6. The van der Waals surface area contributed by atoms with Crippen molar-refractivity contribution in [2.24, 2.45) is 23.2 Å². The van der Waals surface area contributed by atoms with E-state index in [1.807, 2.05) is 0 Å². The molecule has 0 amide bonds. The van der Waals surface area contributed by atoms with Crippen molar-refractivity contribution in [1.29, 1.82) is 0 Å². The Kier molecular flexibility index (Phi) is 3.54. The quantitative estimate of drug-likeness (QED) is 0.747. The molecule has 90 valence electrons. The highest BCUT2D eigenvalue weighted by Gasteiger charge is 2.48. The van der Waals surface area contributed by atoms with E-state index in [9.17, 15) is 8.42 Å². The minimum atomic E-state index is -2.79. The Hall–Kier alpha value is -0.0500. The van der Waals surface area contributed by atoms with Crippen LogP contribution in [0.3, 0.4) is 0 Å². The van der Waals surface area contributed by atoms with Crippen molar-refractivity contribution < 1.29 is 8.42 Å². The molecule has 1 aliphatic carbocycles. The van der Waals surface area contributed by atoms with Crippen LogP contribution in [0.1, 0.15) is 40.5 Å². The minimum absolute atomic E-state index is 0.383. The molecular formula is C12H24O2S. The van der Waals surface area contributed by atoms with Gasteiger partial charge in [-0.2, -0.15) is 0 Å². The highest BCUT2D eigenvalue weighted by molar-refractivity contribution is 7.90. The normalized spacial score (nSPS) is 22.1. The van der Waals surface area contributed by atoms with Crippen LogP contribution in [-0.4, -0.2) is 20.4 Å². The van der Waals surface area contributed by atoms with Crippen molar-refractivity contribution >= 4 is 9.84 Å². The molecule has 3 heteroatoms. The van der Waals surface area contributed by atoms with Gasteiger partial charge in [-0.05, 0) is 36.0 Å². The molecule has 0 atom stereocenters. The highest BCUT2D eigenvalue weighted by atomic mass is 32.2. The van der Waals surface area contributed by atoms with Crippen molar-refractivity contribution in [1.82, 2.24) is 0 Å². The van der Waals surface area contributed by atoms with Crippen LogP contribution in [0, 0.1) is 23.2 Å². The van der Waals surface area contributed by atoms with E-state index in [2.05, 4.69) is 27.7 Å². The smallest absolute Gasteiger partial charge is 0.147 e. The molecule has 0 spiro atoms. The molecule has 0 N–H and O–H groups in total. The lowest BCUT2D eigenvalue weighted by molar-refractivity contribution is -0.0300. The van der Waals surface area contributed by atoms with Gasteiger partial charge in [0.25, 0.3) is 0 Å². The van der Waals surface area contributed by atoms with Crippen LogP contribution in [0.25, 0.3) is 0 Å². The number of hydrogen-bond acceptors (Lipinski definition) is 2. The molecule has 0 bridgehead atoms. The topological polar surface area (TPSA) is 34.1 Å². The van der Waals surface area contributed by atoms with Crippen LogP contribution < -0.4 is 0 Å². The second-order valence-electron chi connectivity index (χ2n) is 5.91. The third-order valence-electron chi connectivity index (χ3n) is 4.18. The summed E-state index contributed by atoms with van der Waals surface area (Å²) in [5.74, 6) is 2.11. The Balaban J connectivity index is 2.59. The van der Waals surface area contributed by atoms with E-state index in [0.717, 1.165) is 12.8 Å². The molecule has 1 rings (SSSR count). The van der Waals surface area contributed by atoms with E-state index in [0.29, 0.717) is 28.9 Å². The molecule has 0 saturated heterocycles. The predicted molar refractivity (Wildman–Crippen MR) is 64.5 cm³/mol. The fraction of sp³-hybridized carbons (Fsp3) is 1.00. The number of sulfone groups is 1. The lowest BCUT2D eigenvalue weighted by Crippen LogP contribution is -2.47. The Labute approximate surface area is 94.4 Å². The fourth-order valence-electron chi connectivity index (χ4n) is 3.17. The zero-order valence-corrected chi connectivity index (χ0v) is 11.4. The molecule has 0 aromatic rings. The van der Waals surface area contributed by atoms with E-state index in [4.69, 9.17) is 0 Å². The molecule has 1 saturated carbocycles. The second-order valence-corrected chi connectivity index (χ2v) is 8.09. The van der Waals surface area contributed by atoms with Crippen molar-refractivity contribution in [3.05, 3.63) is 0 Å². The van der Waals surface area contributed by atoms with E-state index < -0.39 is 9.84 Å². The van der Waals surface area contributed by atoms with E-state index in [1.54, 1.807) is 0 Å². The SMILES string of the molecule is CC(C)C1(C(C)C)CC(CS(C)(=O)=O)C1. The summed E-state index contributed by atoms with van der Waals surface area (Å²) in [6, 6.07) is 0. The molecule has 2 nitrogen and oxygen atoms in total. The molecule has 1 fully saturated rings. The van der Waals surface area contributed by atoms with Crippen LogP contribution in [0.5, 0.6) is 0 Å². The first-order valence-corrected chi connectivity index (χ1v) is 7.91. The van der Waals surface area contributed by atoms with Crippen LogP contribution in [0.4, 0.5) is 0 Å². The first kappa shape index (κ1) is 13.0. The maximum Gasteiger partial charge on any atom is 0.147 e. The molecule has 0 aromatic heterocycles. The summed E-state index contributed by atoms with van der Waals surface area (Å²) in [4.78, 5) is 0. The summed E-state index contributed by atoms with van der Waals surface area (Å²) < 4.78 is 22.4. The maximum atomic E-state index is 11.2. The van der Waals surface area contributed by atoms with Gasteiger partial charge in [-0.25, -0.2) is 8.42 Å². The van der Waals surface area contributed by atoms with E-state index in [1.165, 1.54) is 6.26 Å². The zero-order chi connectivity index (χ0) is 11.9. The fourth-order valence-corrected chi connectivity index (χ4v) is 4.26. The van der Waals surface area contributed by atoms with Gasteiger partial charge in [0.05, 0.1) is 5.75 Å². The van der Waals surface area contributed by atoms with Gasteiger partial charge in [-0.1, -0.05) is 27.7 Å². The van der Waals surface area contributed by atoms with Gasteiger partial charge in [-0.15, -0.1) is 0 Å². The summed E-state index contributed by atoms with van der Waals surface area (Å²) in [6.07, 6.45) is 3.53. The third-order valence-corrected chi connectivity index (χ3v) is 5.25. The van der Waals surface area contributed by atoms with Gasteiger partial charge < -0.3 is 0 Å². The van der Waals surface area contributed by atoms with Crippen LogP contribution in [-0.2, 0) is 9.84 Å². The number of hydrogen-bond donors (Lipinski definition) is 0. The van der Waals surface area contributed by atoms with Crippen molar-refractivity contribution in [3.63, 3.8) is 0 Å². The molecule has 0 unspecified atom stereocenters. The van der Waals surface area contributed by atoms with Gasteiger partial charge in [0.2, 0.25) is 0 Å². The number of rotatable bonds is 4. The summed E-state index contributed by atoms with van der Waals surface area (Å²) >= 11 is 0. The van der Waals surface area contributed by atoms with Gasteiger partial charge in [0.1, 0.15) is 9.84 Å². The lowest BCUT2D eigenvalue weighted by Gasteiger charge is -2.54. The molecule has 1 aliphatic rings. The standard InChI is InChI=1S/C12H24O2S/c1-9(2)12(10(3)4)6-11(7-12)8-15(5,13)14/h9-11H,6-8H2,1-5H3. The molecule has 15 heavy (non-hydrogen) atoms. The van der Waals surface area contributed by atoms with Gasteiger partial charge in [-0.3, -0.25) is 0 Å². The summed E-state index contributed by atoms with van der Waals surface area (Å²) in [6.45, 7) is 9.04. The lowest BCUT2D eigenvalue weighted by atomic mass is 9.52. The molecule has 0 aliphatic heterocycles. The first-order chi connectivity index (χ1) is 6.67. The Bertz CT molecular complexity index is 299. The van der Waals surface area contributed by atoms with Crippen LogP contribution in [0.2, 0.25) is 0 Å². The predicted octanol–water partition coefficient (Wildman–Crippen LogP) is 2.74. The Morgan fingerprint density at radius 2 is 1.53 bits per heavy atom. The average molecular weight is 232 g/mol. The van der Waals surface area contributed by atoms with Crippen molar-refractivity contribution in [2.45, 2.75) is 40.5 Å². The van der Waals surface area contributed by atoms with Crippen LogP contribution in [0.15, 0.2) is 0 Å². The summed E-state index contributed by atoms with van der Waals surface area (Å²) in [7, 11) is -2.79. The monoisotopic (exact) mass is 232 g/mol. The maximum absolute atomic E-state index is 11.2. The molecule has 0 radical (unpaired) electrons. The van der Waals surface area contributed by atoms with Gasteiger partial charge >= 0.3 is 0 Å². The van der Waals surface area contributed by atoms with Gasteiger partial charge in [0.15, 0.2) is 0 Å². The van der Waals surface area contributed by atoms with Crippen LogP contribution >= 0.6 is 0 Å². The summed E-state index contributed by atoms with van der Waals surface area (Å²) in [5.41, 5.74) is 0.398. The summed E-state index contributed by atoms with van der Waals surface area (Å²) in [5, 5.41) is 0. The molecular weight excluding hydrogens is 208 g/mol. The molecule has 0 heterocycles. The minimum Gasteiger partial charge on any atom is -0.229 e. The molecule has 0 aromatic carbocycles. The second kappa shape index (κ2) is 4.08. The van der Waals surface area contributed by atoms with E-state index >= 15 is 0 Å².